The highest BCUT2D eigenvalue weighted by Gasteiger charge is 2.22. The summed E-state index contributed by atoms with van der Waals surface area (Å²) in [5, 5.41) is 3.32. The Bertz CT molecular complexity index is 408. The minimum absolute atomic E-state index is 0.601. The van der Waals surface area contributed by atoms with E-state index in [0.717, 1.165) is 36.9 Å². The smallest absolute Gasteiger partial charge is 0.219 e. The largest absolute Gasteiger partial charge is 0.476 e. The Balaban J connectivity index is 1.89. The topological polar surface area (TPSA) is 37.4 Å². The predicted molar refractivity (Wildman–Crippen MR) is 67.5 cm³/mol. The first kappa shape index (κ1) is 10.8. The first-order valence-corrected chi connectivity index (χ1v) is 6.44. The molecule has 0 spiro atoms. The summed E-state index contributed by atoms with van der Waals surface area (Å²) < 4.78 is 5.68. The van der Waals surface area contributed by atoms with Gasteiger partial charge < -0.3 is 15.0 Å². The molecule has 0 amide bonds. The SMILES string of the molecule is C[C@H]1CCCN1c1ccc2c(n1)OCCNC2. The van der Waals surface area contributed by atoms with Gasteiger partial charge in [0, 0.05) is 31.2 Å². The molecule has 1 N–H and O–H groups in total. The highest BCUT2D eigenvalue weighted by Crippen LogP contribution is 2.27. The van der Waals surface area contributed by atoms with Crippen LogP contribution >= 0.6 is 0 Å². The molecule has 17 heavy (non-hydrogen) atoms. The van der Waals surface area contributed by atoms with Crippen molar-refractivity contribution in [3.05, 3.63) is 17.7 Å². The zero-order valence-electron chi connectivity index (χ0n) is 10.3. The Morgan fingerprint density at radius 2 is 2.41 bits per heavy atom. The van der Waals surface area contributed by atoms with Gasteiger partial charge in [0.2, 0.25) is 5.88 Å². The van der Waals surface area contributed by atoms with Crippen LogP contribution in [0.15, 0.2) is 12.1 Å². The van der Waals surface area contributed by atoms with Gasteiger partial charge in [-0.3, -0.25) is 0 Å². The number of anilines is 1. The highest BCUT2D eigenvalue weighted by molar-refractivity contribution is 5.46. The van der Waals surface area contributed by atoms with Gasteiger partial charge in [0.05, 0.1) is 0 Å². The Hall–Kier alpha value is -1.29. The number of rotatable bonds is 1. The number of fused-ring (bicyclic) bond motifs is 1. The second-order valence-corrected chi connectivity index (χ2v) is 4.84. The Labute approximate surface area is 102 Å². The molecule has 3 heterocycles. The maximum atomic E-state index is 5.68. The van der Waals surface area contributed by atoms with Crippen molar-refractivity contribution in [1.82, 2.24) is 10.3 Å². The maximum Gasteiger partial charge on any atom is 0.219 e. The molecule has 92 valence electrons. The maximum absolute atomic E-state index is 5.68. The van der Waals surface area contributed by atoms with Crippen LogP contribution < -0.4 is 15.0 Å². The minimum Gasteiger partial charge on any atom is -0.476 e. The summed E-state index contributed by atoms with van der Waals surface area (Å²) in [5.41, 5.74) is 1.16. The standard InChI is InChI=1S/C13H19N3O/c1-10-3-2-7-16(10)12-5-4-11-9-14-6-8-17-13(11)15-12/h4-5,10,14H,2-3,6-9H2,1H3/t10-/m0/s1. The zero-order chi connectivity index (χ0) is 11.7. The van der Waals surface area contributed by atoms with Crippen molar-refractivity contribution < 1.29 is 4.74 Å². The van der Waals surface area contributed by atoms with Crippen LogP contribution in [0.2, 0.25) is 0 Å². The van der Waals surface area contributed by atoms with Crippen molar-refractivity contribution in [1.29, 1.82) is 0 Å². The summed E-state index contributed by atoms with van der Waals surface area (Å²) in [7, 11) is 0. The monoisotopic (exact) mass is 233 g/mol. The van der Waals surface area contributed by atoms with Crippen molar-refractivity contribution >= 4 is 5.82 Å². The molecular weight excluding hydrogens is 214 g/mol. The number of hydrogen-bond donors (Lipinski definition) is 1. The highest BCUT2D eigenvalue weighted by atomic mass is 16.5. The number of nitrogens with one attached hydrogen (secondary N) is 1. The normalized spacial score (nSPS) is 24.1. The predicted octanol–water partition coefficient (Wildman–Crippen LogP) is 1.55. The molecule has 0 unspecified atom stereocenters. The third-order valence-electron chi connectivity index (χ3n) is 3.60. The lowest BCUT2D eigenvalue weighted by atomic mass is 10.2. The molecular formula is C13H19N3O. The van der Waals surface area contributed by atoms with Crippen LogP contribution in [0.4, 0.5) is 5.82 Å². The van der Waals surface area contributed by atoms with Gasteiger partial charge in [0.1, 0.15) is 12.4 Å². The molecule has 0 bridgehead atoms. The van der Waals surface area contributed by atoms with Gasteiger partial charge in [-0.1, -0.05) is 0 Å². The molecule has 1 aromatic heterocycles. The lowest BCUT2D eigenvalue weighted by molar-refractivity contribution is 0.314. The molecule has 0 radical (unpaired) electrons. The van der Waals surface area contributed by atoms with Crippen LogP contribution in [0.25, 0.3) is 0 Å². The van der Waals surface area contributed by atoms with Crippen molar-refractivity contribution in [2.45, 2.75) is 32.4 Å². The van der Waals surface area contributed by atoms with Gasteiger partial charge in [-0.15, -0.1) is 0 Å². The van der Waals surface area contributed by atoms with Crippen molar-refractivity contribution in [3.63, 3.8) is 0 Å². The molecule has 2 aliphatic heterocycles. The van der Waals surface area contributed by atoms with Crippen LogP contribution in [-0.4, -0.2) is 30.7 Å². The van der Waals surface area contributed by atoms with E-state index in [-0.39, 0.29) is 0 Å². The van der Waals surface area contributed by atoms with E-state index in [4.69, 9.17) is 4.74 Å². The minimum atomic E-state index is 0.601. The Morgan fingerprint density at radius 3 is 3.24 bits per heavy atom. The van der Waals surface area contributed by atoms with Gasteiger partial charge in [-0.25, -0.2) is 0 Å². The third kappa shape index (κ3) is 2.09. The van der Waals surface area contributed by atoms with E-state index in [9.17, 15) is 0 Å². The molecule has 2 aliphatic rings. The number of pyridine rings is 1. The summed E-state index contributed by atoms with van der Waals surface area (Å²) in [6, 6.07) is 4.86. The molecule has 0 aromatic carbocycles. The summed E-state index contributed by atoms with van der Waals surface area (Å²) in [5.74, 6) is 1.88. The number of aromatic nitrogens is 1. The van der Waals surface area contributed by atoms with E-state index < -0.39 is 0 Å². The molecule has 0 aliphatic carbocycles. The zero-order valence-corrected chi connectivity index (χ0v) is 10.3. The van der Waals surface area contributed by atoms with Gasteiger partial charge in [0.25, 0.3) is 0 Å². The van der Waals surface area contributed by atoms with E-state index in [1.807, 2.05) is 0 Å². The Morgan fingerprint density at radius 1 is 1.47 bits per heavy atom. The molecule has 1 saturated heterocycles. The first-order chi connectivity index (χ1) is 8.34. The van der Waals surface area contributed by atoms with Crippen LogP contribution in [0.1, 0.15) is 25.3 Å². The molecule has 1 fully saturated rings. The molecule has 0 saturated carbocycles. The number of ether oxygens (including phenoxy) is 1. The average Bonchev–Trinajstić information content (AvgIpc) is 2.64. The second-order valence-electron chi connectivity index (χ2n) is 4.84. The quantitative estimate of drug-likeness (QED) is 0.798. The van der Waals surface area contributed by atoms with E-state index in [1.165, 1.54) is 12.8 Å². The average molecular weight is 233 g/mol. The van der Waals surface area contributed by atoms with E-state index in [2.05, 4.69) is 34.3 Å². The van der Waals surface area contributed by atoms with Crippen LogP contribution in [-0.2, 0) is 6.54 Å². The summed E-state index contributed by atoms with van der Waals surface area (Å²) in [4.78, 5) is 7.05. The summed E-state index contributed by atoms with van der Waals surface area (Å²) >= 11 is 0. The molecule has 4 nitrogen and oxygen atoms in total. The molecule has 1 atom stereocenters. The number of hydrogen-bond acceptors (Lipinski definition) is 4. The van der Waals surface area contributed by atoms with E-state index in [1.54, 1.807) is 0 Å². The molecule has 1 aromatic rings. The van der Waals surface area contributed by atoms with Gasteiger partial charge >= 0.3 is 0 Å². The third-order valence-corrected chi connectivity index (χ3v) is 3.60. The van der Waals surface area contributed by atoms with Crippen LogP contribution in [0.3, 0.4) is 0 Å². The van der Waals surface area contributed by atoms with Crippen LogP contribution in [0, 0.1) is 0 Å². The van der Waals surface area contributed by atoms with E-state index in [0.29, 0.717) is 12.6 Å². The van der Waals surface area contributed by atoms with Crippen molar-refractivity contribution in [2.24, 2.45) is 0 Å². The summed E-state index contributed by atoms with van der Waals surface area (Å²) in [6.07, 6.45) is 2.53. The van der Waals surface area contributed by atoms with Crippen molar-refractivity contribution in [2.75, 3.05) is 24.6 Å². The second kappa shape index (κ2) is 4.53. The lowest BCUT2D eigenvalue weighted by Gasteiger charge is -2.23. The van der Waals surface area contributed by atoms with Gasteiger partial charge in [-0.05, 0) is 31.9 Å². The Kier molecular flexibility index (Phi) is 2.89. The van der Waals surface area contributed by atoms with Crippen molar-refractivity contribution in [3.8, 4) is 5.88 Å². The van der Waals surface area contributed by atoms with Gasteiger partial charge in [0.15, 0.2) is 0 Å². The number of nitrogens with zero attached hydrogens (tertiary/aromatic N) is 2. The lowest BCUT2D eigenvalue weighted by Crippen LogP contribution is -2.27. The fraction of sp³-hybridized carbons (Fsp3) is 0.615. The molecule has 4 heteroatoms. The fourth-order valence-corrected chi connectivity index (χ4v) is 2.60. The molecule has 3 rings (SSSR count). The van der Waals surface area contributed by atoms with Gasteiger partial charge in [-0.2, -0.15) is 4.98 Å². The first-order valence-electron chi connectivity index (χ1n) is 6.44. The fourth-order valence-electron chi connectivity index (χ4n) is 2.60. The van der Waals surface area contributed by atoms with E-state index >= 15 is 0 Å². The summed E-state index contributed by atoms with van der Waals surface area (Å²) in [6.45, 7) is 5.84. The van der Waals surface area contributed by atoms with Crippen LogP contribution in [0.5, 0.6) is 5.88 Å².